The monoisotopic (exact) mass is 616 g/mol. The van der Waals surface area contributed by atoms with Gasteiger partial charge >= 0.3 is 6.09 Å². The van der Waals surface area contributed by atoms with E-state index in [2.05, 4.69) is 16.0 Å². The fraction of sp³-hybridized carbons (Fsp3) is 0.656. The van der Waals surface area contributed by atoms with E-state index in [4.69, 9.17) is 16.2 Å². The summed E-state index contributed by atoms with van der Waals surface area (Å²) in [4.78, 5) is 65.5. The average molecular weight is 617 g/mol. The first-order valence-electron chi connectivity index (χ1n) is 15.6. The Morgan fingerprint density at radius 2 is 1.66 bits per heavy atom. The van der Waals surface area contributed by atoms with Crippen LogP contribution in [-0.4, -0.2) is 77.5 Å². The van der Waals surface area contributed by atoms with Gasteiger partial charge in [0, 0.05) is 13.1 Å². The van der Waals surface area contributed by atoms with Gasteiger partial charge in [-0.3, -0.25) is 19.2 Å². The number of primary amides is 1. The van der Waals surface area contributed by atoms with Crippen LogP contribution in [-0.2, 0) is 30.3 Å². The summed E-state index contributed by atoms with van der Waals surface area (Å²) in [7, 11) is 0. The number of alkyl carbamates (subject to hydrolysis) is 1. The molecule has 1 aliphatic heterocycles. The van der Waals surface area contributed by atoms with Crippen LogP contribution in [0.15, 0.2) is 30.3 Å². The highest BCUT2D eigenvalue weighted by atomic mass is 16.6. The van der Waals surface area contributed by atoms with Crippen molar-refractivity contribution >= 4 is 29.7 Å². The first-order valence-corrected chi connectivity index (χ1v) is 15.6. The van der Waals surface area contributed by atoms with Gasteiger partial charge in [0.25, 0.3) is 0 Å². The van der Waals surface area contributed by atoms with Crippen LogP contribution in [0.1, 0.15) is 85.1 Å². The van der Waals surface area contributed by atoms with Gasteiger partial charge in [0.2, 0.25) is 23.6 Å². The maximum Gasteiger partial charge on any atom is 0.407 e. The molecule has 12 heteroatoms. The molecule has 0 bridgehead atoms. The number of nitrogens with zero attached hydrogens (tertiary/aromatic N) is 1. The zero-order valence-electron chi connectivity index (χ0n) is 26.9. The average Bonchev–Trinajstić information content (AvgIpc) is 3.43. The van der Waals surface area contributed by atoms with Gasteiger partial charge in [0.05, 0.1) is 6.04 Å². The Kier molecular flexibility index (Phi) is 14.6. The van der Waals surface area contributed by atoms with E-state index in [1.165, 1.54) is 4.90 Å². The maximum atomic E-state index is 13.7. The third-order valence-electron chi connectivity index (χ3n) is 7.37. The predicted molar refractivity (Wildman–Crippen MR) is 168 cm³/mol. The molecule has 1 aromatic rings. The lowest BCUT2D eigenvalue weighted by atomic mass is 10.0. The molecule has 12 nitrogen and oxygen atoms in total. The van der Waals surface area contributed by atoms with E-state index in [1.54, 1.807) is 20.8 Å². The molecule has 2 rings (SSSR count). The second-order valence-electron chi connectivity index (χ2n) is 12.9. The molecule has 0 saturated carbocycles. The molecule has 1 aromatic carbocycles. The lowest BCUT2D eigenvalue weighted by Crippen LogP contribution is -2.57. The van der Waals surface area contributed by atoms with Crippen LogP contribution in [0.3, 0.4) is 0 Å². The Labute approximate surface area is 261 Å². The van der Waals surface area contributed by atoms with Crippen molar-refractivity contribution in [2.45, 2.75) is 116 Å². The van der Waals surface area contributed by atoms with Crippen molar-refractivity contribution in [2.24, 2.45) is 17.4 Å². The van der Waals surface area contributed by atoms with Gasteiger partial charge in [-0.15, -0.1) is 0 Å². The minimum absolute atomic E-state index is 0.282. The van der Waals surface area contributed by atoms with Gasteiger partial charge in [-0.05, 0) is 83.6 Å². The molecule has 4 atom stereocenters. The number of benzene rings is 1. The lowest BCUT2D eigenvalue weighted by Gasteiger charge is -2.30. The Morgan fingerprint density at radius 3 is 2.27 bits per heavy atom. The lowest BCUT2D eigenvalue weighted by molar-refractivity contribution is -0.142. The number of nitrogens with one attached hydrogen (secondary N) is 3. The van der Waals surface area contributed by atoms with Crippen molar-refractivity contribution in [3.63, 3.8) is 0 Å². The molecule has 44 heavy (non-hydrogen) atoms. The smallest absolute Gasteiger partial charge is 0.407 e. The SMILES string of the molecule is CC(C)CC[C@H](NC(=O)[C@@H](N)Cc1ccccc1)C(=O)N1CCC[C@H]1C(=O)N[C@@H](CCCCNC(=O)OC(C)(C)C)C(N)=O. The third kappa shape index (κ3) is 12.9. The molecule has 0 aromatic heterocycles. The number of hydrogen-bond acceptors (Lipinski definition) is 7. The Hall–Kier alpha value is -3.67. The van der Waals surface area contributed by atoms with Gasteiger partial charge in [0.15, 0.2) is 0 Å². The molecule has 0 radical (unpaired) electrons. The van der Waals surface area contributed by atoms with E-state index in [0.717, 1.165) is 5.56 Å². The van der Waals surface area contributed by atoms with Crippen molar-refractivity contribution in [3.05, 3.63) is 35.9 Å². The van der Waals surface area contributed by atoms with Crippen molar-refractivity contribution < 1.29 is 28.7 Å². The Morgan fingerprint density at radius 1 is 0.977 bits per heavy atom. The summed E-state index contributed by atoms with van der Waals surface area (Å²) in [5.41, 5.74) is 12.1. The van der Waals surface area contributed by atoms with Gasteiger partial charge in [-0.25, -0.2) is 4.79 Å². The zero-order chi connectivity index (χ0) is 32.9. The number of amides is 5. The number of nitrogens with two attached hydrogens (primary N) is 2. The third-order valence-corrected chi connectivity index (χ3v) is 7.37. The molecule has 1 heterocycles. The number of rotatable bonds is 16. The quantitative estimate of drug-likeness (QED) is 0.176. The van der Waals surface area contributed by atoms with E-state index in [-0.39, 0.29) is 12.3 Å². The topological polar surface area (TPSA) is 186 Å². The number of carbonyl (C=O) groups excluding carboxylic acids is 5. The molecule has 1 fully saturated rings. The molecule has 246 valence electrons. The van der Waals surface area contributed by atoms with Crippen LogP contribution in [0.2, 0.25) is 0 Å². The van der Waals surface area contributed by atoms with E-state index < -0.39 is 53.6 Å². The minimum Gasteiger partial charge on any atom is -0.444 e. The number of likely N-dealkylation sites (tertiary alicyclic amines) is 1. The van der Waals surface area contributed by atoms with Crippen molar-refractivity contribution in [2.75, 3.05) is 13.1 Å². The summed E-state index contributed by atoms with van der Waals surface area (Å²) >= 11 is 0. The molecular weight excluding hydrogens is 564 g/mol. The standard InChI is InChI=1S/C32H52N6O6/c1-21(2)16-17-25(37-28(40)23(33)20-22-12-7-6-8-13-22)30(42)38-19-11-15-26(38)29(41)36-24(27(34)39)14-9-10-18-35-31(43)44-32(3,4)5/h6-8,12-13,21,23-26H,9-11,14-20,33H2,1-5H3,(H2,34,39)(H,35,43)(H,36,41)(H,37,40)/t23-,24-,25-,26-/m0/s1. The number of hydrogen-bond donors (Lipinski definition) is 5. The van der Waals surface area contributed by atoms with Gasteiger partial charge < -0.3 is 37.1 Å². The Bertz CT molecular complexity index is 1110. The molecule has 0 spiro atoms. The summed E-state index contributed by atoms with van der Waals surface area (Å²) in [6.07, 6.45) is 3.31. The highest BCUT2D eigenvalue weighted by Crippen LogP contribution is 2.21. The van der Waals surface area contributed by atoms with Crippen LogP contribution < -0.4 is 27.4 Å². The number of carbonyl (C=O) groups is 5. The highest BCUT2D eigenvalue weighted by Gasteiger charge is 2.39. The Balaban J connectivity index is 1.98. The molecule has 0 aliphatic carbocycles. The largest absolute Gasteiger partial charge is 0.444 e. The van der Waals surface area contributed by atoms with E-state index >= 15 is 0 Å². The molecule has 5 amide bonds. The fourth-order valence-corrected chi connectivity index (χ4v) is 5.03. The molecule has 0 unspecified atom stereocenters. The minimum atomic E-state index is -0.922. The molecular formula is C32H52N6O6. The predicted octanol–water partition coefficient (Wildman–Crippen LogP) is 2.13. The second-order valence-corrected chi connectivity index (χ2v) is 12.9. The molecule has 1 aliphatic rings. The normalized spacial score (nSPS) is 17.0. The van der Waals surface area contributed by atoms with Crippen LogP contribution in [0.5, 0.6) is 0 Å². The van der Waals surface area contributed by atoms with Crippen LogP contribution in [0.4, 0.5) is 4.79 Å². The summed E-state index contributed by atoms with van der Waals surface area (Å²) < 4.78 is 5.20. The highest BCUT2D eigenvalue weighted by molar-refractivity contribution is 5.95. The van der Waals surface area contributed by atoms with Crippen LogP contribution >= 0.6 is 0 Å². The second kappa shape index (κ2) is 17.6. The van der Waals surface area contributed by atoms with E-state index in [0.29, 0.717) is 64.0 Å². The van der Waals surface area contributed by atoms with E-state index in [9.17, 15) is 24.0 Å². The van der Waals surface area contributed by atoms with Crippen molar-refractivity contribution in [1.29, 1.82) is 0 Å². The summed E-state index contributed by atoms with van der Waals surface area (Å²) in [5, 5.41) is 8.23. The maximum absolute atomic E-state index is 13.7. The molecule has 1 saturated heterocycles. The summed E-state index contributed by atoms with van der Waals surface area (Å²) in [6, 6.07) is 6.05. The number of ether oxygens (including phenoxy) is 1. The van der Waals surface area contributed by atoms with E-state index in [1.807, 2.05) is 44.2 Å². The fourth-order valence-electron chi connectivity index (χ4n) is 5.03. The van der Waals surface area contributed by atoms with Crippen LogP contribution in [0.25, 0.3) is 0 Å². The van der Waals surface area contributed by atoms with Crippen molar-refractivity contribution in [1.82, 2.24) is 20.9 Å². The number of unbranched alkanes of at least 4 members (excludes halogenated alkanes) is 1. The molecule has 7 N–H and O–H groups in total. The van der Waals surface area contributed by atoms with Gasteiger partial charge in [0.1, 0.15) is 23.7 Å². The first-order chi connectivity index (χ1) is 20.7. The van der Waals surface area contributed by atoms with Gasteiger partial charge in [-0.2, -0.15) is 0 Å². The zero-order valence-corrected chi connectivity index (χ0v) is 26.9. The summed E-state index contributed by atoms with van der Waals surface area (Å²) in [6.45, 7) is 10.1. The van der Waals surface area contributed by atoms with Crippen LogP contribution in [0, 0.1) is 5.92 Å². The first kappa shape index (κ1) is 36.5. The summed E-state index contributed by atoms with van der Waals surface area (Å²) in [5.74, 6) is -1.60. The van der Waals surface area contributed by atoms with Gasteiger partial charge in [-0.1, -0.05) is 44.2 Å². The van der Waals surface area contributed by atoms with Crippen molar-refractivity contribution in [3.8, 4) is 0 Å².